The second-order valence-corrected chi connectivity index (χ2v) is 5.37. The quantitative estimate of drug-likeness (QED) is 0.674. The third-order valence-electron chi connectivity index (χ3n) is 3.99. The van der Waals surface area contributed by atoms with Gasteiger partial charge in [-0.2, -0.15) is 0 Å². The highest BCUT2D eigenvalue weighted by molar-refractivity contribution is 5.81. The van der Waals surface area contributed by atoms with E-state index in [2.05, 4.69) is 12.2 Å². The molecular weight excluding hydrogens is 216 g/mol. The van der Waals surface area contributed by atoms with Crippen LogP contribution >= 0.6 is 0 Å². The van der Waals surface area contributed by atoms with Crippen molar-refractivity contribution < 1.29 is 9.53 Å². The SMILES string of the molecule is CC[C@H](C)[C@H](N)C(=O)NCC1(CCOC)CC1. The maximum absolute atomic E-state index is 11.8. The van der Waals surface area contributed by atoms with E-state index in [1.807, 2.05) is 6.92 Å². The van der Waals surface area contributed by atoms with Crippen molar-refractivity contribution in [1.82, 2.24) is 5.32 Å². The molecule has 17 heavy (non-hydrogen) atoms. The summed E-state index contributed by atoms with van der Waals surface area (Å²) in [7, 11) is 1.72. The van der Waals surface area contributed by atoms with Gasteiger partial charge in [0, 0.05) is 20.3 Å². The highest BCUT2D eigenvalue weighted by Gasteiger charge is 2.42. The lowest BCUT2D eigenvalue weighted by Gasteiger charge is -2.20. The molecule has 0 bridgehead atoms. The van der Waals surface area contributed by atoms with Gasteiger partial charge in [0.2, 0.25) is 5.91 Å². The fourth-order valence-corrected chi connectivity index (χ4v) is 1.92. The number of rotatable bonds is 8. The van der Waals surface area contributed by atoms with E-state index < -0.39 is 0 Å². The van der Waals surface area contributed by atoms with Crippen molar-refractivity contribution in [1.29, 1.82) is 0 Å². The van der Waals surface area contributed by atoms with Gasteiger partial charge < -0.3 is 15.8 Å². The minimum Gasteiger partial charge on any atom is -0.385 e. The molecule has 0 aromatic heterocycles. The molecule has 1 amide bonds. The number of nitrogens with one attached hydrogen (secondary N) is 1. The molecule has 1 rings (SSSR count). The van der Waals surface area contributed by atoms with E-state index in [0.29, 0.717) is 5.41 Å². The lowest BCUT2D eigenvalue weighted by atomic mass is 9.98. The minimum absolute atomic E-state index is 0.0111. The molecule has 2 atom stereocenters. The fourth-order valence-electron chi connectivity index (χ4n) is 1.92. The normalized spacial score (nSPS) is 20.7. The largest absolute Gasteiger partial charge is 0.385 e. The Morgan fingerprint density at radius 1 is 1.53 bits per heavy atom. The third-order valence-corrected chi connectivity index (χ3v) is 3.99. The van der Waals surface area contributed by atoms with Gasteiger partial charge in [-0.1, -0.05) is 20.3 Å². The highest BCUT2D eigenvalue weighted by Crippen LogP contribution is 2.48. The Kier molecular flexibility index (Phi) is 5.40. The van der Waals surface area contributed by atoms with Gasteiger partial charge in [-0.25, -0.2) is 0 Å². The van der Waals surface area contributed by atoms with Crippen molar-refractivity contribution in [3.8, 4) is 0 Å². The monoisotopic (exact) mass is 242 g/mol. The van der Waals surface area contributed by atoms with Gasteiger partial charge in [0.25, 0.3) is 0 Å². The molecule has 3 N–H and O–H groups in total. The average molecular weight is 242 g/mol. The van der Waals surface area contributed by atoms with E-state index in [1.165, 1.54) is 12.8 Å². The number of amides is 1. The lowest BCUT2D eigenvalue weighted by Crippen LogP contribution is -2.46. The zero-order valence-corrected chi connectivity index (χ0v) is 11.3. The second kappa shape index (κ2) is 6.36. The molecule has 1 aliphatic rings. The van der Waals surface area contributed by atoms with Crippen molar-refractivity contribution in [3.63, 3.8) is 0 Å². The molecule has 0 saturated heterocycles. The predicted octanol–water partition coefficient (Wildman–Crippen LogP) is 1.29. The summed E-state index contributed by atoms with van der Waals surface area (Å²) in [6.45, 7) is 5.59. The molecule has 0 spiro atoms. The summed E-state index contributed by atoms with van der Waals surface area (Å²) < 4.78 is 5.09. The zero-order valence-electron chi connectivity index (χ0n) is 11.3. The summed E-state index contributed by atoms with van der Waals surface area (Å²) in [5, 5.41) is 2.99. The maximum atomic E-state index is 11.8. The highest BCUT2D eigenvalue weighted by atomic mass is 16.5. The molecule has 1 fully saturated rings. The predicted molar refractivity (Wildman–Crippen MR) is 68.6 cm³/mol. The minimum atomic E-state index is -0.377. The zero-order chi connectivity index (χ0) is 12.9. The van der Waals surface area contributed by atoms with Crippen molar-refractivity contribution in [3.05, 3.63) is 0 Å². The van der Waals surface area contributed by atoms with Crippen molar-refractivity contribution in [2.45, 2.75) is 45.6 Å². The Balaban J connectivity index is 2.28. The van der Waals surface area contributed by atoms with E-state index >= 15 is 0 Å². The van der Waals surface area contributed by atoms with Crippen LogP contribution in [0.4, 0.5) is 0 Å². The smallest absolute Gasteiger partial charge is 0.237 e. The van der Waals surface area contributed by atoms with Crippen LogP contribution in [0, 0.1) is 11.3 Å². The first kappa shape index (κ1) is 14.5. The Morgan fingerprint density at radius 2 is 2.18 bits per heavy atom. The number of carbonyl (C=O) groups is 1. The van der Waals surface area contributed by atoms with Crippen LogP contribution in [0.25, 0.3) is 0 Å². The van der Waals surface area contributed by atoms with E-state index in [1.54, 1.807) is 7.11 Å². The van der Waals surface area contributed by atoms with Gasteiger partial charge in [0.15, 0.2) is 0 Å². The molecule has 0 aromatic rings. The molecule has 0 aliphatic heterocycles. The number of hydrogen-bond donors (Lipinski definition) is 2. The molecule has 1 saturated carbocycles. The first-order chi connectivity index (χ1) is 8.04. The van der Waals surface area contributed by atoms with E-state index in [-0.39, 0.29) is 17.9 Å². The molecule has 0 radical (unpaired) electrons. The fraction of sp³-hybridized carbons (Fsp3) is 0.923. The van der Waals surface area contributed by atoms with Gasteiger partial charge in [-0.3, -0.25) is 4.79 Å². The summed E-state index contributed by atoms with van der Waals surface area (Å²) in [6.07, 6.45) is 4.34. The molecule has 0 heterocycles. The Hall–Kier alpha value is -0.610. The van der Waals surface area contributed by atoms with Gasteiger partial charge in [-0.05, 0) is 30.6 Å². The summed E-state index contributed by atoms with van der Waals surface area (Å²) >= 11 is 0. The van der Waals surface area contributed by atoms with E-state index in [4.69, 9.17) is 10.5 Å². The van der Waals surface area contributed by atoms with Gasteiger partial charge in [0.1, 0.15) is 0 Å². The second-order valence-electron chi connectivity index (χ2n) is 5.37. The molecule has 4 nitrogen and oxygen atoms in total. The van der Waals surface area contributed by atoms with Crippen molar-refractivity contribution in [2.24, 2.45) is 17.1 Å². The Bertz CT molecular complexity index is 252. The molecule has 4 heteroatoms. The van der Waals surface area contributed by atoms with E-state index in [0.717, 1.165) is 26.0 Å². The Labute approximate surface area is 104 Å². The van der Waals surface area contributed by atoms with Crippen LogP contribution in [0.5, 0.6) is 0 Å². The van der Waals surface area contributed by atoms with Crippen LogP contribution < -0.4 is 11.1 Å². The number of hydrogen-bond acceptors (Lipinski definition) is 3. The molecular formula is C13H26N2O2. The summed E-state index contributed by atoms with van der Waals surface area (Å²) in [5.41, 5.74) is 6.18. The van der Waals surface area contributed by atoms with Crippen molar-refractivity contribution >= 4 is 5.91 Å². The summed E-state index contributed by atoms with van der Waals surface area (Å²) in [5.74, 6) is 0.229. The standard InChI is InChI=1S/C13H26N2O2/c1-4-10(2)11(14)12(16)15-9-13(5-6-13)7-8-17-3/h10-11H,4-9,14H2,1-3H3,(H,15,16)/t10-,11-/m0/s1. The third kappa shape index (κ3) is 4.28. The number of ether oxygens (including phenoxy) is 1. The van der Waals surface area contributed by atoms with Crippen LogP contribution in [0.2, 0.25) is 0 Å². The Morgan fingerprint density at radius 3 is 2.65 bits per heavy atom. The summed E-state index contributed by atoms with van der Waals surface area (Å²) in [4.78, 5) is 11.8. The first-order valence-electron chi connectivity index (χ1n) is 6.57. The maximum Gasteiger partial charge on any atom is 0.237 e. The van der Waals surface area contributed by atoms with Gasteiger partial charge >= 0.3 is 0 Å². The molecule has 1 aliphatic carbocycles. The van der Waals surface area contributed by atoms with Crippen LogP contribution in [0.1, 0.15) is 39.5 Å². The van der Waals surface area contributed by atoms with E-state index in [9.17, 15) is 4.79 Å². The molecule has 0 aromatic carbocycles. The van der Waals surface area contributed by atoms with Crippen LogP contribution in [-0.2, 0) is 9.53 Å². The van der Waals surface area contributed by atoms with Crippen LogP contribution in [0.3, 0.4) is 0 Å². The number of methoxy groups -OCH3 is 1. The summed E-state index contributed by atoms with van der Waals surface area (Å²) in [6, 6.07) is -0.377. The van der Waals surface area contributed by atoms with Crippen LogP contribution in [0.15, 0.2) is 0 Å². The molecule has 100 valence electrons. The first-order valence-corrected chi connectivity index (χ1v) is 6.57. The molecule has 0 unspecified atom stereocenters. The van der Waals surface area contributed by atoms with Crippen molar-refractivity contribution in [2.75, 3.05) is 20.3 Å². The average Bonchev–Trinajstić information content (AvgIpc) is 3.12. The lowest BCUT2D eigenvalue weighted by molar-refractivity contribution is -0.123. The van der Waals surface area contributed by atoms with Crippen LogP contribution in [-0.4, -0.2) is 32.2 Å². The number of nitrogens with two attached hydrogens (primary N) is 1. The number of carbonyl (C=O) groups excluding carboxylic acids is 1. The van der Waals surface area contributed by atoms with Gasteiger partial charge in [0.05, 0.1) is 6.04 Å². The van der Waals surface area contributed by atoms with Gasteiger partial charge in [-0.15, -0.1) is 0 Å². The topological polar surface area (TPSA) is 64.4 Å².